The summed E-state index contributed by atoms with van der Waals surface area (Å²) in [5.74, 6) is 0.178. The molecule has 14 heavy (non-hydrogen) atoms. The Kier molecular flexibility index (Phi) is 2.77. The number of hydrogen-bond donors (Lipinski definition) is 0. The van der Waals surface area contributed by atoms with Crippen molar-refractivity contribution >= 4 is 21.8 Å². The Bertz CT molecular complexity index is 330. The van der Waals surface area contributed by atoms with Crippen LogP contribution in [0.15, 0.2) is 18.6 Å². The highest BCUT2D eigenvalue weighted by Crippen LogP contribution is 2.19. The topological polar surface area (TPSA) is 46.1 Å². The lowest BCUT2D eigenvalue weighted by Crippen LogP contribution is -2.25. The standard InChI is InChI=1S/C9H10BrN3O/c10-7-3-9(14)13(5-7)6-8-4-11-1-2-12-8/h1-2,4,7H,3,5-6H2. The molecule has 5 heteroatoms. The fourth-order valence-corrected chi connectivity index (χ4v) is 2.11. The average molecular weight is 256 g/mol. The Hall–Kier alpha value is -0.970. The van der Waals surface area contributed by atoms with E-state index in [0.717, 1.165) is 12.2 Å². The molecule has 0 aliphatic carbocycles. The molecule has 1 aliphatic rings. The number of likely N-dealkylation sites (tertiary alicyclic amines) is 1. The summed E-state index contributed by atoms with van der Waals surface area (Å²) in [6.07, 6.45) is 5.54. The number of rotatable bonds is 2. The number of aromatic nitrogens is 2. The molecule has 1 saturated heterocycles. The van der Waals surface area contributed by atoms with Crippen LogP contribution in [0, 0.1) is 0 Å². The van der Waals surface area contributed by atoms with Crippen molar-refractivity contribution in [3.05, 3.63) is 24.3 Å². The number of halogens is 1. The van der Waals surface area contributed by atoms with Gasteiger partial charge < -0.3 is 4.90 Å². The minimum Gasteiger partial charge on any atom is -0.336 e. The molecule has 0 aromatic carbocycles. The van der Waals surface area contributed by atoms with Crippen LogP contribution < -0.4 is 0 Å². The summed E-state index contributed by atoms with van der Waals surface area (Å²) < 4.78 is 0. The Morgan fingerprint density at radius 1 is 1.57 bits per heavy atom. The number of amides is 1. The first kappa shape index (κ1) is 9.58. The second kappa shape index (κ2) is 4.04. The lowest BCUT2D eigenvalue weighted by molar-refractivity contribution is -0.128. The SMILES string of the molecule is O=C1CC(Br)CN1Cc1cnccn1. The maximum atomic E-state index is 11.4. The van der Waals surface area contributed by atoms with Crippen LogP contribution in [0.25, 0.3) is 0 Å². The van der Waals surface area contributed by atoms with Gasteiger partial charge in [-0.2, -0.15) is 0 Å². The maximum absolute atomic E-state index is 11.4. The Balaban J connectivity index is 2.02. The summed E-state index contributed by atoms with van der Waals surface area (Å²) >= 11 is 3.43. The van der Waals surface area contributed by atoms with Crippen molar-refractivity contribution in [2.45, 2.75) is 17.8 Å². The minimum absolute atomic E-state index is 0.178. The first-order chi connectivity index (χ1) is 6.75. The van der Waals surface area contributed by atoms with E-state index in [9.17, 15) is 4.79 Å². The lowest BCUT2D eigenvalue weighted by Gasteiger charge is -2.14. The first-order valence-corrected chi connectivity index (χ1v) is 5.34. The zero-order valence-electron chi connectivity index (χ0n) is 7.56. The second-order valence-corrected chi connectivity index (χ2v) is 4.57. The van der Waals surface area contributed by atoms with Gasteiger partial charge in [-0.25, -0.2) is 0 Å². The van der Waals surface area contributed by atoms with Gasteiger partial charge in [0.1, 0.15) is 0 Å². The highest BCUT2D eigenvalue weighted by molar-refractivity contribution is 9.09. The number of alkyl halides is 1. The monoisotopic (exact) mass is 255 g/mol. The van der Waals surface area contributed by atoms with Crippen LogP contribution >= 0.6 is 15.9 Å². The van der Waals surface area contributed by atoms with Crippen LogP contribution in [-0.4, -0.2) is 32.1 Å². The van der Waals surface area contributed by atoms with Crippen LogP contribution in [-0.2, 0) is 11.3 Å². The molecule has 0 bridgehead atoms. The van der Waals surface area contributed by atoms with Crippen molar-refractivity contribution in [2.24, 2.45) is 0 Å². The van der Waals surface area contributed by atoms with E-state index in [1.807, 2.05) is 0 Å². The molecule has 4 nitrogen and oxygen atoms in total. The first-order valence-electron chi connectivity index (χ1n) is 4.42. The molecule has 2 rings (SSSR count). The number of carbonyl (C=O) groups is 1. The summed E-state index contributed by atoms with van der Waals surface area (Å²) in [6, 6.07) is 0. The summed E-state index contributed by atoms with van der Waals surface area (Å²) in [6.45, 7) is 1.32. The van der Waals surface area contributed by atoms with E-state index in [4.69, 9.17) is 0 Å². The molecule has 1 aromatic rings. The fourth-order valence-electron chi connectivity index (χ4n) is 1.48. The average Bonchev–Trinajstić information content (AvgIpc) is 2.47. The zero-order valence-corrected chi connectivity index (χ0v) is 9.14. The third kappa shape index (κ3) is 2.09. The molecule has 0 spiro atoms. The van der Waals surface area contributed by atoms with Crippen LogP contribution in [0.2, 0.25) is 0 Å². The van der Waals surface area contributed by atoms with Gasteiger partial charge in [-0.15, -0.1) is 0 Å². The van der Waals surface area contributed by atoms with Crippen molar-refractivity contribution in [1.82, 2.24) is 14.9 Å². The largest absolute Gasteiger partial charge is 0.336 e. The molecule has 0 radical (unpaired) electrons. The normalized spacial score (nSPS) is 21.6. The number of nitrogens with zero attached hydrogens (tertiary/aromatic N) is 3. The summed E-state index contributed by atoms with van der Waals surface area (Å²) in [7, 11) is 0. The molecule has 2 heterocycles. The maximum Gasteiger partial charge on any atom is 0.224 e. The highest BCUT2D eigenvalue weighted by Gasteiger charge is 2.27. The van der Waals surface area contributed by atoms with Crippen LogP contribution in [0.3, 0.4) is 0 Å². The van der Waals surface area contributed by atoms with Gasteiger partial charge in [0.05, 0.1) is 18.4 Å². The number of carbonyl (C=O) groups excluding carboxylic acids is 1. The Morgan fingerprint density at radius 2 is 2.43 bits per heavy atom. The predicted molar refractivity (Wildman–Crippen MR) is 54.8 cm³/mol. The van der Waals surface area contributed by atoms with Crippen molar-refractivity contribution in [2.75, 3.05) is 6.54 Å². The van der Waals surface area contributed by atoms with Crippen LogP contribution in [0.4, 0.5) is 0 Å². The van der Waals surface area contributed by atoms with Gasteiger partial charge in [0, 0.05) is 30.2 Å². The van der Waals surface area contributed by atoms with E-state index >= 15 is 0 Å². The summed E-state index contributed by atoms with van der Waals surface area (Å²) in [5.41, 5.74) is 0.836. The van der Waals surface area contributed by atoms with Gasteiger partial charge in [0.25, 0.3) is 0 Å². The minimum atomic E-state index is 0.178. The molecule has 74 valence electrons. The molecule has 1 amide bonds. The van der Waals surface area contributed by atoms with Crippen molar-refractivity contribution in [1.29, 1.82) is 0 Å². The molecule has 1 aromatic heterocycles. The summed E-state index contributed by atoms with van der Waals surface area (Å²) in [5, 5.41) is 0. The van der Waals surface area contributed by atoms with E-state index in [-0.39, 0.29) is 10.7 Å². The van der Waals surface area contributed by atoms with Gasteiger partial charge in [-0.05, 0) is 0 Å². The Morgan fingerprint density at radius 3 is 3.00 bits per heavy atom. The fraction of sp³-hybridized carbons (Fsp3) is 0.444. The molecule has 1 unspecified atom stereocenters. The van der Waals surface area contributed by atoms with E-state index in [0.29, 0.717) is 13.0 Å². The third-order valence-electron chi connectivity index (χ3n) is 2.14. The van der Waals surface area contributed by atoms with Crippen LogP contribution in [0.5, 0.6) is 0 Å². The predicted octanol–water partition coefficient (Wildman–Crippen LogP) is 0.972. The molecule has 0 saturated carbocycles. The summed E-state index contributed by atoms with van der Waals surface area (Å²) in [4.78, 5) is 21.6. The zero-order chi connectivity index (χ0) is 9.97. The van der Waals surface area contributed by atoms with Gasteiger partial charge in [-0.3, -0.25) is 14.8 Å². The van der Waals surface area contributed by atoms with Crippen molar-refractivity contribution in [3.63, 3.8) is 0 Å². The Labute approximate surface area is 90.5 Å². The quantitative estimate of drug-likeness (QED) is 0.741. The van der Waals surface area contributed by atoms with Crippen molar-refractivity contribution in [3.8, 4) is 0 Å². The molecule has 1 fully saturated rings. The van der Waals surface area contributed by atoms with Gasteiger partial charge >= 0.3 is 0 Å². The van der Waals surface area contributed by atoms with Crippen molar-refractivity contribution < 1.29 is 4.79 Å². The van der Waals surface area contributed by atoms with E-state index in [1.165, 1.54) is 0 Å². The third-order valence-corrected chi connectivity index (χ3v) is 2.75. The van der Waals surface area contributed by atoms with E-state index in [1.54, 1.807) is 23.5 Å². The molecule has 0 N–H and O–H groups in total. The molecular formula is C9H10BrN3O. The number of hydrogen-bond acceptors (Lipinski definition) is 3. The van der Waals surface area contributed by atoms with Crippen LogP contribution in [0.1, 0.15) is 12.1 Å². The van der Waals surface area contributed by atoms with E-state index < -0.39 is 0 Å². The van der Waals surface area contributed by atoms with E-state index in [2.05, 4.69) is 25.9 Å². The lowest BCUT2D eigenvalue weighted by atomic mass is 10.4. The molecule has 1 atom stereocenters. The molecular weight excluding hydrogens is 246 g/mol. The van der Waals surface area contributed by atoms with Gasteiger partial charge in [0.15, 0.2) is 0 Å². The van der Waals surface area contributed by atoms with Gasteiger partial charge in [0.2, 0.25) is 5.91 Å². The highest BCUT2D eigenvalue weighted by atomic mass is 79.9. The smallest absolute Gasteiger partial charge is 0.224 e. The molecule has 1 aliphatic heterocycles. The van der Waals surface area contributed by atoms with Gasteiger partial charge in [-0.1, -0.05) is 15.9 Å². The second-order valence-electron chi connectivity index (χ2n) is 3.27.